The van der Waals surface area contributed by atoms with E-state index in [-0.39, 0.29) is 0 Å². The van der Waals surface area contributed by atoms with Crippen molar-refractivity contribution in [2.45, 2.75) is 32.7 Å². The lowest BCUT2D eigenvalue weighted by molar-refractivity contribution is 0.0836. The summed E-state index contributed by atoms with van der Waals surface area (Å²) in [6, 6.07) is 0.588. The van der Waals surface area contributed by atoms with Gasteiger partial charge < -0.3 is 14.8 Å². The van der Waals surface area contributed by atoms with Crippen molar-refractivity contribution in [3.63, 3.8) is 0 Å². The van der Waals surface area contributed by atoms with E-state index in [2.05, 4.69) is 24.1 Å². The van der Waals surface area contributed by atoms with E-state index < -0.39 is 0 Å². The number of rotatable bonds is 12. The molecule has 4 nitrogen and oxygen atoms in total. The van der Waals surface area contributed by atoms with Gasteiger partial charge in [0.15, 0.2) is 0 Å². The molecule has 0 aromatic carbocycles. The monoisotopic (exact) mass is 246 g/mol. The average molecular weight is 246 g/mol. The molecular weight excluding hydrogens is 216 g/mol. The Kier molecular flexibility index (Phi) is 12.2. The standard InChI is InChI=1S/C13H30N2O2/c1-5-7-13(12-14-6-2)15(8-10-16-3)9-11-17-4/h13-14H,5-12H2,1-4H3. The summed E-state index contributed by atoms with van der Waals surface area (Å²) < 4.78 is 10.4. The van der Waals surface area contributed by atoms with Gasteiger partial charge in [0, 0.05) is 39.9 Å². The Labute approximate surface area is 107 Å². The summed E-state index contributed by atoms with van der Waals surface area (Å²) in [6.07, 6.45) is 2.44. The SMILES string of the molecule is CCCC(CNCC)N(CCOC)CCOC. The molecule has 0 aliphatic carbocycles. The molecule has 0 spiro atoms. The molecule has 0 amide bonds. The van der Waals surface area contributed by atoms with Gasteiger partial charge in [0.25, 0.3) is 0 Å². The number of methoxy groups -OCH3 is 2. The molecule has 0 rings (SSSR count). The van der Waals surface area contributed by atoms with Gasteiger partial charge in [-0.1, -0.05) is 20.3 Å². The Hall–Kier alpha value is -0.160. The van der Waals surface area contributed by atoms with Crippen LogP contribution >= 0.6 is 0 Å². The summed E-state index contributed by atoms with van der Waals surface area (Å²) in [5.74, 6) is 0. The third-order valence-electron chi connectivity index (χ3n) is 2.93. The fourth-order valence-electron chi connectivity index (χ4n) is 1.95. The summed E-state index contributed by atoms with van der Waals surface area (Å²) in [4.78, 5) is 2.47. The Morgan fingerprint density at radius 2 is 1.65 bits per heavy atom. The van der Waals surface area contributed by atoms with Gasteiger partial charge in [-0.3, -0.25) is 4.90 Å². The minimum Gasteiger partial charge on any atom is -0.383 e. The molecule has 0 fully saturated rings. The number of ether oxygens (including phenoxy) is 2. The van der Waals surface area contributed by atoms with Crippen LogP contribution in [-0.4, -0.2) is 64.6 Å². The van der Waals surface area contributed by atoms with Crippen LogP contribution in [0.25, 0.3) is 0 Å². The van der Waals surface area contributed by atoms with Crippen LogP contribution in [0.1, 0.15) is 26.7 Å². The van der Waals surface area contributed by atoms with E-state index in [0.717, 1.165) is 39.4 Å². The zero-order chi connectivity index (χ0) is 12.9. The molecule has 1 N–H and O–H groups in total. The number of nitrogens with one attached hydrogen (secondary N) is 1. The molecule has 0 aliphatic rings. The molecule has 4 heteroatoms. The zero-order valence-electron chi connectivity index (χ0n) is 12.0. The van der Waals surface area contributed by atoms with E-state index in [9.17, 15) is 0 Å². The molecule has 0 saturated carbocycles. The van der Waals surface area contributed by atoms with E-state index in [4.69, 9.17) is 9.47 Å². The fourth-order valence-corrected chi connectivity index (χ4v) is 1.95. The summed E-state index contributed by atoms with van der Waals surface area (Å²) >= 11 is 0. The average Bonchev–Trinajstić information content (AvgIpc) is 2.35. The highest BCUT2D eigenvalue weighted by Crippen LogP contribution is 2.06. The lowest BCUT2D eigenvalue weighted by Gasteiger charge is -2.31. The number of likely N-dealkylation sites (N-methyl/N-ethyl adjacent to an activating group) is 1. The normalized spacial score (nSPS) is 13.2. The lowest BCUT2D eigenvalue weighted by atomic mass is 10.1. The van der Waals surface area contributed by atoms with Crippen molar-refractivity contribution in [2.24, 2.45) is 0 Å². The van der Waals surface area contributed by atoms with Crippen LogP contribution in [0.3, 0.4) is 0 Å². The van der Waals surface area contributed by atoms with E-state index in [1.54, 1.807) is 14.2 Å². The molecule has 104 valence electrons. The molecule has 0 heterocycles. The van der Waals surface area contributed by atoms with Gasteiger partial charge in [0.2, 0.25) is 0 Å². The first kappa shape index (κ1) is 16.8. The maximum atomic E-state index is 5.18. The summed E-state index contributed by atoms with van der Waals surface area (Å²) in [6.45, 7) is 10.0. The minimum absolute atomic E-state index is 0.588. The second-order valence-corrected chi connectivity index (χ2v) is 4.27. The smallest absolute Gasteiger partial charge is 0.0589 e. The van der Waals surface area contributed by atoms with Crippen LogP contribution in [0.2, 0.25) is 0 Å². The molecule has 1 atom stereocenters. The van der Waals surface area contributed by atoms with Gasteiger partial charge in [-0.15, -0.1) is 0 Å². The molecule has 17 heavy (non-hydrogen) atoms. The maximum absolute atomic E-state index is 5.18. The van der Waals surface area contributed by atoms with Gasteiger partial charge in [-0.2, -0.15) is 0 Å². The van der Waals surface area contributed by atoms with E-state index >= 15 is 0 Å². The van der Waals surface area contributed by atoms with E-state index in [1.165, 1.54) is 12.8 Å². The highest BCUT2D eigenvalue weighted by molar-refractivity contribution is 4.73. The van der Waals surface area contributed by atoms with E-state index in [1.807, 2.05) is 0 Å². The first-order chi connectivity index (χ1) is 8.29. The van der Waals surface area contributed by atoms with Crippen LogP contribution in [0.4, 0.5) is 0 Å². The second-order valence-electron chi connectivity index (χ2n) is 4.27. The quantitative estimate of drug-likeness (QED) is 0.564. The molecule has 0 aromatic rings. The Morgan fingerprint density at radius 1 is 1.06 bits per heavy atom. The topological polar surface area (TPSA) is 33.7 Å². The highest BCUT2D eigenvalue weighted by atomic mass is 16.5. The maximum Gasteiger partial charge on any atom is 0.0589 e. The van der Waals surface area contributed by atoms with Crippen molar-refractivity contribution in [1.82, 2.24) is 10.2 Å². The van der Waals surface area contributed by atoms with Gasteiger partial charge in [-0.25, -0.2) is 0 Å². The summed E-state index contributed by atoms with van der Waals surface area (Å²) in [7, 11) is 3.52. The first-order valence-electron chi connectivity index (χ1n) is 6.72. The lowest BCUT2D eigenvalue weighted by Crippen LogP contribution is -2.45. The van der Waals surface area contributed by atoms with Crippen molar-refractivity contribution in [3.05, 3.63) is 0 Å². The third-order valence-corrected chi connectivity index (χ3v) is 2.93. The number of hydrogen-bond donors (Lipinski definition) is 1. The van der Waals surface area contributed by atoms with Gasteiger partial charge in [-0.05, 0) is 13.0 Å². The van der Waals surface area contributed by atoms with Crippen LogP contribution < -0.4 is 5.32 Å². The van der Waals surface area contributed by atoms with Crippen LogP contribution in [0.15, 0.2) is 0 Å². The zero-order valence-corrected chi connectivity index (χ0v) is 12.0. The molecule has 0 radical (unpaired) electrons. The predicted octanol–water partition coefficient (Wildman–Crippen LogP) is 1.36. The van der Waals surface area contributed by atoms with Crippen molar-refractivity contribution >= 4 is 0 Å². The van der Waals surface area contributed by atoms with Gasteiger partial charge in [0.1, 0.15) is 0 Å². The van der Waals surface area contributed by atoms with Gasteiger partial charge >= 0.3 is 0 Å². The van der Waals surface area contributed by atoms with Crippen molar-refractivity contribution in [3.8, 4) is 0 Å². The molecule has 0 bridgehead atoms. The molecule has 0 aromatic heterocycles. The Bertz CT molecular complexity index is 148. The highest BCUT2D eigenvalue weighted by Gasteiger charge is 2.16. The van der Waals surface area contributed by atoms with Crippen molar-refractivity contribution < 1.29 is 9.47 Å². The molecular formula is C13H30N2O2. The Morgan fingerprint density at radius 3 is 2.06 bits per heavy atom. The minimum atomic E-state index is 0.588. The van der Waals surface area contributed by atoms with Crippen LogP contribution in [-0.2, 0) is 9.47 Å². The number of nitrogens with zero attached hydrogens (tertiary/aromatic N) is 1. The van der Waals surface area contributed by atoms with Crippen LogP contribution in [0, 0.1) is 0 Å². The largest absolute Gasteiger partial charge is 0.383 e. The molecule has 1 unspecified atom stereocenters. The third kappa shape index (κ3) is 8.55. The molecule has 0 saturated heterocycles. The fraction of sp³-hybridized carbons (Fsp3) is 1.00. The van der Waals surface area contributed by atoms with E-state index in [0.29, 0.717) is 6.04 Å². The van der Waals surface area contributed by atoms with Gasteiger partial charge in [0.05, 0.1) is 13.2 Å². The number of hydrogen-bond acceptors (Lipinski definition) is 4. The van der Waals surface area contributed by atoms with Crippen LogP contribution in [0.5, 0.6) is 0 Å². The van der Waals surface area contributed by atoms with Crippen molar-refractivity contribution in [2.75, 3.05) is 53.6 Å². The Balaban J connectivity index is 4.20. The molecule has 0 aliphatic heterocycles. The predicted molar refractivity (Wildman–Crippen MR) is 72.6 cm³/mol. The summed E-state index contributed by atoms with van der Waals surface area (Å²) in [5.41, 5.74) is 0. The van der Waals surface area contributed by atoms with Crippen molar-refractivity contribution in [1.29, 1.82) is 0 Å². The second kappa shape index (κ2) is 12.3. The first-order valence-corrected chi connectivity index (χ1v) is 6.72. The summed E-state index contributed by atoms with van der Waals surface area (Å²) in [5, 5.41) is 3.44.